The summed E-state index contributed by atoms with van der Waals surface area (Å²) in [6.45, 7) is 6.88. The predicted octanol–water partition coefficient (Wildman–Crippen LogP) is 0.394. The van der Waals surface area contributed by atoms with Gasteiger partial charge in [0, 0.05) is 6.92 Å². The molecule has 6 heteroatoms. The normalized spacial score (nSPS) is 7.60. The highest BCUT2D eigenvalue weighted by Crippen LogP contribution is 1.71. The molecule has 0 aliphatic rings. The maximum Gasteiger partial charge on any atom is 0.307 e. The monoisotopic (exact) mass is 240 g/mol. The van der Waals surface area contributed by atoms with Gasteiger partial charge in [-0.3, -0.25) is 4.79 Å². The van der Waals surface area contributed by atoms with Gasteiger partial charge >= 0.3 is 5.97 Å². The minimum Gasteiger partial charge on any atom is -0.435 e. The van der Waals surface area contributed by atoms with E-state index in [4.69, 9.17) is 26.9 Å². The molecule has 0 aromatic carbocycles. The fourth-order valence-corrected chi connectivity index (χ4v) is 0.175. The second-order valence-corrected chi connectivity index (χ2v) is 2.26. The summed E-state index contributed by atoms with van der Waals surface area (Å²) in [5, 5.41) is 24.0. The number of aliphatic hydroxyl groups is 3. The van der Waals surface area contributed by atoms with E-state index in [1.54, 1.807) is 0 Å². The van der Waals surface area contributed by atoms with Crippen LogP contribution < -0.4 is 0 Å². The number of rotatable bonds is 3. The van der Waals surface area contributed by atoms with Gasteiger partial charge in [-0.1, -0.05) is 24.8 Å². The van der Waals surface area contributed by atoms with Crippen molar-refractivity contribution in [3.63, 3.8) is 0 Å². The second kappa shape index (κ2) is 18.8. The van der Waals surface area contributed by atoms with Crippen LogP contribution in [0.15, 0.2) is 25.0 Å². The Bertz CT molecular complexity index is 157. The molecule has 3 N–H and O–H groups in total. The molecule has 0 aromatic rings. The molecular weight excluding hydrogens is 224 g/mol. The molecule has 0 unspecified atom stereocenters. The number of carbonyl (C=O) groups is 1. The van der Waals surface area contributed by atoms with Gasteiger partial charge in [0.05, 0.1) is 19.5 Å². The fraction of sp³-hybridized carbons (Fsp3) is 0.444. The van der Waals surface area contributed by atoms with Crippen LogP contribution in [0.2, 0.25) is 0 Å². The summed E-state index contributed by atoms with van der Waals surface area (Å²) in [4.78, 5) is 9.75. The van der Waals surface area contributed by atoms with E-state index in [1.165, 1.54) is 12.5 Å². The zero-order valence-corrected chi connectivity index (χ0v) is 9.35. The smallest absolute Gasteiger partial charge is 0.307 e. The van der Waals surface area contributed by atoms with Gasteiger partial charge in [0.2, 0.25) is 0 Å². The lowest BCUT2D eigenvalue weighted by Crippen LogP contribution is -2.15. The summed E-state index contributed by atoms with van der Waals surface area (Å²) in [5.74, 6) is -0.329. The molecule has 90 valence electrons. The number of esters is 1. The Hall–Kier alpha value is -0.880. The standard InChI is InChI=1S/C4H6O2.C3H8O3.C2H3Cl/c1-3-6-4(2)5;4-1-3(6)2-5;1-2-3/h3H,1H2,2H3;3-6H,1-2H2;2H,1H2. The molecule has 0 amide bonds. The molecule has 0 aliphatic heterocycles. The minimum atomic E-state index is -0.954. The Morgan fingerprint density at radius 2 is 1.80 bits per heavy atom. The summed E-state index contributed by atoms with van der Waals surface area (Å²) < 4.78 is 4.17. The lowest BCUT2D eigenvalue weighted by Gasteiger charge is -1.96. The van der Waals surface area contributed by atoms with E-state index in [9.17, 15) is 4.79 Å². The molecule has 0 bridgehead atoms. The SMILES string of the molecule is C=CCl.C=COC(C)=O.OCC(O)CO. The van der Waals surface area contributed by atoms with E-state index >= 15 is 0 Å². The van der Waals surface area contributed by atoms with Crippen LogP contribution in [-0.4, -0.2) is 40.6 Å². The number of ether oxygens (including phenoxy) is 1. The van der Waals surface area contributed by atoms with Crippen molar-refractivity contribution in [2.24, 2.45) is 0 Å². The van der Waals surface area contributed by atoms with Crippen molar-refractivity contribution in [3.05, 3.63) is 25.0 Å². The zero-order chi connectivity index (χ0) is 12.7. The summed E-state index contributed by atoms with van der Waals surface area (Å²) >= 11 is 4.76. The van der Waals surface area contributed by atoms with Crippen LogP contribution in [0.25, 0.3) is 0 Å². The van der Waals surface area contributed by atoms with E-state index in [0.717, 1.165) is 6.26 Å². The first kappa shape index (κ1) is 19.7. The molecule has 0 aromatic heterocycles. The van der Waals surface area contributed by atoms with E-state index in [2.05, 4.69) is 17.9 Å². The largest absolute Gasteiger partial charge is 0.435 e. The number of hydrogen-bond donors (Lipinski definition) is 3. The Kier molecular flexibility index (Phi) is 24.7. The predicted molar refractivity (Wildman–Crippen MR) is 58.2 cm³/mol. The highest BCUT2D eigenvalue weighted by Gasteiger charge is 1.93. The van der Waals surface area contributed by atoms with Gasteiger partial charge in [0.15, 0.2) is 0 Å². The van der Waals surface area contributed by atoms with Gasteiger partial charge in [0.25, 0.3) is 0 Å². The van der Waals surface area contributed by atoms with Crippen molar-refractivity contribution >= 4 is 17.6 Å². The molecule has 0 spiro atoms. The summed E-state index contributed by atoms with van der Waals surface area (Å²) in [7, 11) is 0. The van der Waals surface area contributed by atoms with Crippen molar-refractivity contribution in [1.29, 1.82) is 0 Å². The quantitative estimate of drug-likeness (QED) is 0.491. The van der Waals surface area contributed by atoms with Crippen molar-refractivity contribution in [1.82, 2.24) is 0 Å². The highest BCUT2D eigenvalue weighted by molar-refractivity contribution is 6.25. The molecule has 0 radical (unpaired) electrons. The van der Waals surface area contributed by atoms with Crippen LogP contribution in [0.3, 0.4) is 0 Å². The van der Waals surface area contributed by atoms with Gasteiger partial charge in [-0.25, -0.2) is 0 Å². The Labute approximate surface area is 94.3 Å². The molecule has 0 heterocycles. The maximum absolute atomic E-state index is 9.75. The molecule has 0 atom stereocenters. The third kappa shape index (κ3) is 43.3. The van der Waals surface area contributed by atoms with Gasteiger partial charge in [-0.2, -0.15) is 0 Å². The average molecular weight is 241 g/mol. The Morgan fingerprint density at radius 1 is 1.47 bits per heavy atom. The maximum atomic E-state index is 9.75. The van der Waals surface area contributed by atoms with Crippen molar-refractivity contribution in [2.75, 3.05) is 13.2 Å². The van der Waals surface area contributed by atoms with E-state index < -0.39 is 6.10 Å². The Balaban J connectivity index is -0.000000153. The van der Waals surface area contributed by atoms with E-state index in [0.29, 0.717) is 0 Å². The van der Waals surface area contributed by atoms with Gasteiger partial charge < -0.3 is 20.1 Å². The highest BCUT2D eigenvalue weighted by atomic mass is 35.5. The number of carbonyl (C=O) groups excluding carboxylic acids is 1. The Morgan fingerprint density at radius 3 is 1.80 bits per heavy atom. The summed E-state index contributed by atoms with van der Waals surface area (Å²) in [5.41, 5.74) is 1.22. The second-order valence-electron chi connectivity index (χ2n) is 1.95. The minimum absolute atomic E-state index is 0.329. The number of aliphatic hydroxyl groups excluding tert-OH is 3. The van der Waals surface area contributed by atoms with Gasteiger partial charge in [-0.05, 0) is 5.54 Å². The summed E-state index contributed by atoms with van der Waals surface area (Å²) in [6.07, 6.45) is 0.146. The molecule has 0 aliphatic carbocycles. The molecule has 15 heavy (non-hydrogen) atoms. The van der Waals surface area contributed by atoms with Crippen LogP contribution in [-0.2, 0) is 9.53 Å². The van der Waals surface area contributed by atoms with Crippen molar-refractivity contribution in [3.8, 4) is 0 Å². The zero-order valence-electron chi connectivity index (χ0n) is 8.60. The number of halogens is 1. The molecule has 0 fully saturated rings. The van der Waals surface area contributed by atoms with Crippen LogP contribution in [0.4, 0.5) is 0 Å². The first-order valence-electron chi connectivity index (χ1n) is 3.89. The molecule has 0 rings (SSSR count). The topological polar surface area (TPSA) is 87.0 Å². The lowest BCUT2D eigenvalue weighted by atomic mass is 10.4. The third-order valence-electron chi connectivity index (χ3n) is 0.671. The first-order chi connectivity index (χ1) is 6.99. The lowest BCUT2D eigenvalue weighted by molar-refractivity contribution is -0.135. The van der Waals surface area contributed by atoms with E-state index in [1.807, 2.05) is 0 Å². The average Bonchev–Trinajstić information content (AvgIpc) is 2.18. The van der Waals surface area contributed by atoms with Crippen molar-refractivity contribution < 1.29 is 24.9 Å². The molecule has 0 saturated heterocycles. The van der Waals surface area contributed by atoms with Gasteiger partial charge in [0.1, 0.15) is 6.10 Å². The first-order valence-corrected chi connectivity index (χ1v) is 4.32. The molecular formula is C9H17ClO5. The molecule has 5 nitrogen and oxygen atoms in total. The van der Waals surface area contributed by atoms with E-state index in [-0.39, 0.29) is 19.2 Å². The molecule has 0 saturated carbocycles. The van der Waals surface area contributed by atoms with Crippen LogP contribution in [0, 0.1) is 0 Å². The van der Waals surface area contributed by atoms with Crippen molar-refractivity contribution in [2.45, 2.75) is 13.0 Å². The fourth-order valence-electron chi connectivity index (χ4n) is 0.175. The van der Waals surface area contributed by atoms with Crippen LogP contribution in [0.5, 0.6) is 0 Å². The van der Waals surface area contributed by atoms with Gasteiger partial charge in [-0.15, -0.1) is 0 Å². The summed E-state index contributed by atoms with van der Waals surface area (Å²) in [6, 6.07) is 0. The van der Waals surface area contributed by atoms with Crippen LogP contribution >= 0.6 is 11.6 Å². The third-order valence-corrected chi connectivity index (χ3v) is 0.671. The van der Waals surface area contributed by atoms with Crippen LogP contribution in [0.1, 0.15) is 6.92 Å². The number of hydrogen-bond acceptors (Lipinski definition) is 5.